The number of rotatable bonds is 2. The minimum absolute atomic E-state index is 0.328. The van der Waals surface area contributed by atoms with E-state index in [1.807, 2.05) is 11.3 Å². The van der Waals surface area contributed by atoms with Gasteiger partial charge in [0.15, 0.2) is 11.5 Å². The predicted octanol–water partition coefficient (Wildman–Crippen LogP) is 3.37. The maximum absolute atomic E-state index is 5.49. The van der Waals surface area contributed by atoms with Crippen LogP contribution in [0.25, 0.3) is 0 Å². The van der Waals surface area contributed by atoms with Gasteiger partial charge >= 0.3 is 0 Å². The summed E-state index contributed by atoms with van der Waals surface area (Å²) < 4.78 is 11.0. The molecule has 0 radical (unpaired) electrons. The molecule has 4 heteroatoms. The number of fused-ring (bicyclic) bond motifs is 2. The Hall–Kier alpha value is -1.81. The molecule has 102 valence electrons. The van der Waals surface area contributed by atoms with E-state index in [9.17, 15) is 0 Å². The van der Waals surface area contributed by atoms with Crippen molar-refractivity contribution in [1.29, 1.82) is 0 Å². The van der Waals surface area contributed by atoms with Crippen LogP contribution in [0.2, 0.25) is 0 Å². The first-order chi connectivity index (χ1) is 9.79. The van der Waals surface area contributed by atoms with E-state index < -0.39 is 0 Å². The zero-order valence-corrected chi connectivity index (χ0v) is 12.1. The Morgan fingerprint density at radius 1 is 1.20 bits per heavy atom. The van der Waals surface area contributed by atoms with Crippen molar-refractivity contribution in [3.63, 3.8) is 0 Å². The third kappa shape index (κ3) is 2.00. The lowest BCUT2D eigenvalue weighted by atomic mass is 9.95. The standard InChI is InChI=1S/C16H15NO2S/c1-10-2-3-12(20-10)7-14-13-8-16-15(18-9-19-16)6-11(13)4-5-17-14/h2-3,6,8H,4-5,7,9H2,1H3. The van der Waals surface area contributed by atoms with E-state index in [0.29, 0.717) is 6.79 Å². The van der Waals surface area contributed by atoms with Gasteiger partial charge in [0.1, 0.15) is 0 Å². The van der Waals surface area contributed by atoms with Crippen LogP contribution < -0.4 is 9.47 Å². The van der Waals surface area contributed by atoms with Crippen LogP contribution >= 0.6 is 11.3 Å². The summed E-state index contributed by atoms with van der Waals surface area (Å²) in [6.07, 6.45) is 1.89. The highest BCUT2D eigenvalue weighted by atomic mass is 32.1. The van der Waals surface area contributed by atoms with Gasteiger partial charge in [-0.3, -0.25) is 4.99 Å². The van der Waals surface area contributed by atoms with Crippen LogP contribution in [0.5, 0.6) is 11.5 Å². The lowest BCUT2D eigenvalue weighted by Crippen LogP contribution is -2.14. The first-order valence-electron chi connectivity index (χ1n) is 6.81. The van der Waals surface area contributed by atoms with Gasteiger partial charge in [-0.05, 0) is 43.2 Å². The van der Waals surface area contributed by atoms with E-state index in [0.717, 1.165) is 30.9 Å². The molecule has 0 fully saturated rings. The van der Waals surface area contributed by atoms with Gasteiger partial charge in [-0.15, -0.1) is 11.3 Å². The molecular formula is C16H15NO2S. The smallest absolute Gasteiger partial charge is 0.231 e. The Bertz CT molecular complexity index is 702. The fourth-order valence-electron chi connectivity index (χ4n) is 2.75. The van der Waals surface area contributed by atoms with Gasteiger partial charge in [-0.1, -0.05) is 0 Å². The maximum Gasteiger partial charge on any atom is 0.231 e. The summed E-state index contributed by atoms with van der Waals surface area (Å²) in [5.41, 5.74) is 3.73. The van der Waals surface area contributed by atoms with Gasteiger partial charge in [0.25, 0.3) is 0 Å². The first kappa shape index (κ1) is 12.0. The summed E-state index contributed by atoms with van der Waals surface area (Å²) in [6, 6.07) is 8.58. The van der Waals surface area contributed by atoms with E-state index >= 15 is 0 Å². The van der Waals surface area contributed by atoms with Crippen molar-refractivity contribution in [2.24, 2.45) is 4.99 Å². The first-order valence-corrected chi connectivity index (χ1v) is 7.63. The molecule has 3 heterocycles. The van der Waals surface area contributed by atoms with E-state index in [2.05, 4.69) is 31.2 Å². The van der Waals surface area contributed by atoms with Crippen LogP contribution in [-0.4, -0.2) is 19.0 Å². The average molecular weight is 285 g/mol. The fraction of sp³-hybridized carbons (Fsp3) is 0.312. The van der Waals surface area contributed by atoms with Crippen molar-refractivity contribution < 1.29 is 9.47 Å². The van der Waals surface area contributed by atoms with Gasteiger partial charge < -0.3 is 9.47 Å². The number of aryl methyl sites for hydroxylation is 1. The molecule has 1 aromatic heterocycles. The van der Waals surface area contributed by atoms with Crippen LogP contribution in [0.15, 0.2) is 29.3 Å². The molecule has 2 aliphatic rings. The molecule has 0 saturated heterocycles. The molecule has 0 spiro atoms. The largest absolute Gasteiger partial charge is 0.454 e. The Morgan fingerprint density at radius 2 is 2.05 bits per heavy atom. The Kier molecular flexibility index (Phi) is 2.77. The molecule has 0 unspecified atom stereocenters. The second kappa shape index (κ2) is 4.63. The number of aliphatic imine (C=N–C) groups is 1. The van der Waals surface area contributed by atoms with E-state index in [4.69, 9.17) is 14.5 Å². The lowest BCUT2D eigenvalue weighted by Gasteiger charge is -2.17. The predicted molar refractivity (Wildman–Crippen MR) is 80.4 cm³/mol. The average Bonchev–Trinajstić information content (AvgIpc) is 3.05. The highest BCUT2D eigenvalue weighted by Gasteiger charge is 2.22. The van der Waals surface area contributed by atoms with E-state index in [1.54, 1.807) is 0 Å². The van der Waals surface area contributed by atoms with E-state index in [1.165, 1.54) is 26.6 Å². The number of hydrogen-bond donors (Lipinski definition) is 0. The van der Waals surface area contributed by atoms with Gasteiger partial charge in [-0.2, -0.15) is 0 Å². The number of nitrogens with zero attached hydrogens (tertiary/aromatic N) is 1. The van der Waals surface area contributed by atoms with Crippen molar-refractivity contribution in [3.05, 3.63) is 45.1 Å². The van der Waals surface area contributed by atoms with Crippen LogP contribution in [-0.2, 0) is 12.8 Å². The third-order valence-electron chi connectivity index (χ3n) is 3.73. The summed E-state index contributed by atoms with van der Waals surface area (Å²) >= 11 is 1.84. The van der Waals surface area contributed by atoms with Gasteiger partial charge in [0, 0.05) is 34.0 Å². The summed E-state index contributed by atoms with van der Waals surface area (Å²) in [5.74, 6) is 1.72. The van der Waals surface area contributed by atoms with Gasteiger partial charge in [0.2, 0.25) is 6.79 Å². The molecule has 4 rings (SSSR count). The topological polar surface area (TPSA) is 30.8 Å². The van der Waals surface area contributed by atoms with Crippen molar-refractivity contribution in [2.75, 3.05) is 13.3 Å². The highest BCUT2D eigenvalue weighted by molar-refractivity contribution is 7.12. The molecule has 0 saturated carbocycles. The monoisotopic (exact) mass is 285 g/mol. The second-order valence-corrected chi connectivity index (χ2v) is 6.50. The van der Waals surface area contributed by atoms with Gasteiger partial charge in [-0.25, -0.2) is 0 Å². The molecule has 0 atom stereocenters. The molecule has 3 nitrogen and oxygen atoms in total. The molecule has 20 heavy (non-hydrogen) atoms. The van der Waals surface area contributed by atoms with Crippen LogP contribution in [0.4, 0.5) is 0 Å². The molecule has 1 aromatic carbocycles. The summed E-state index contributed by atoms with van der Waals surface area (Å²) in [4.78, 5) is 7.44. The third-order valence-corrected chi connectivity index (χ3v) is 4.73. The molecule has 2 aliphatic heterocycles. The number of hydrogen-bond acceptors (Lipinski definition) is 4. The molecule has 0 bridgehead atoms. The zero-order valence-electron chi connectivity index (χ0n) is 11.3. The minimum atomic E-state index is 0.328. The number of ether oxygens (including phenoxy) is 2. The number of benzene rings is 1. The summed E-state index contributed by atoms with van der Waals surface area (Å²) in [5, 5.41) is 0. The maximum atomic E-state index is 5.49. The molecule has 0 amide bonds. The van der Waals surface area contributed by atoms with Crippen LogP contribution in [0.1, 0.15) is 20.9 Å². The van der Waals surface area contributed by atoms with E-state index in [-0.39, 0.29) is 0 Å². The Labute approximate surface area is 121 Å². The molecule has 0 N–H and O–H groups in total. The second-order valence-electron chi connectivity index (χ2n) is 5.13. The van der Waals surface area contributed by atoms with Crippen LogP contribution in [0, 0.1) is 6.92 Å². The minimum Gasteiger partial charge on any atom is -0.454 e. The molecule has 2 aromatic rings. The van der Waals surface area contributed by atoms with Crippen LogP contribution in [0.3, 0.4) is 0 Å². The van der Waals surface area contributed by atoms with Gasteiger partial charge in [0.05, 0.1) is 0 Å². The van der Waals surface area contributed by atoms with Crippen molar-refractivity contribution in [1.82, 2.24) is 0 Å². The molecular weight excluding hydrogens is 270 g/mol. The fourth-order valence-corrected chi connectivity index (χ4v) is 3.65. The van der Waals surface area contributed by atoms with Crippen molar-refractivity contribution in [3.8, 4) is 11.5 Å². The summed E-state index contributed by atoms with van der Waals surface area (Å²) in [6.45, 7) is 3.34. The number of thiophene rings is 1. The van der Waals surface area contributed by atoms with Crippen molar-refractivity contribution >= 4 is 17.0 Å². The highest BCUT2D eigenvalue weighted by Crippen LogP contribution is 2.36. The van der Waals surface area contributed by atoms with Crippen molar-refractivity contribution in [2.45, 2.75) is 19.8 Å². The molecule has 0 aliphatic carbocycles. The lowest BCUT2D eigenvalue weighted by molar-refractivity contribution is 0.174. The quantitative estimate of drug-likeness (QED) is 0.847. The SMILES string of the molecule is Cc1ccc(CC2=NCCc3cc4c(cc32)OCO4)s1. The Balaban J connectivity index is 1.71. The normalized spacial score (nSPS) is 15.9. The summed E-state index contributed by atoms with van der Waals surface area (Å²) in [7, 11) is 0. The zero-order chi connectivity index (χ0) is 13.5. The Morgan fingerprint density at radius 3 is 2.85 bits per heavy atom.